The second kappa shape index (κ2) is 4.94. The maximum atomic E-state index is 13.0. The molecule has 2 atom stereocenters. The quantitative estimate of drug-likeness (QED) is 0.770. The Morgan fingerprint density at radius 3 is 2.53 bits per heavy atom. The highest BCUT2D eigenvalue weighted by molar-refractivity contribution is 5.82. The van der Waals surface area contributed by atoms with Gasteiger partial charge in [-0.3, -0.25) is 4.79 Å². The van der Waals surface area contributed by atoms with Crippen LogP contribution in [-0.4, -0.2) is 5.78 Å². The van der Waals surface area contributed by atoms with Crippen molar-refractivity contribution in [2.75, 3.05) is 0 Å². The van der Waals surface area contributed by atoms with Gasteiger partial charge in [0.15, 0.2) is 0 Å². The highest BCUT2D eigenvalue weighted by atomic mass is 19.1. The summed E-state index contributed by atoms with van der Waals surface area (Å²) in [5.41, 5.74) is 0.579. The highest BCUT2D eigenvalue weighted by Gasteiger charge is 2.26. The molecule has 0 radical (unpaired) electrons. The summed E-state index contributed by atoms with van der Waals surface area (Å²) in [7, 11) is 0. The molecule has 0 saturated heterocycles. The standard InChI is InChI=1S/C14H16F2O/c1-9-2-3-14(17)11(4-9)5-10-6-12(15)8-13(16)7-10/h6-9,11H,2-5H2,1H3. The van der Waals surface area contributed by atoms with Gasteiger partial charge in [-0.25, -0.2) is 8.78 Å². The lowest BCUT2D eigenvalue weighted by Gasteiger charge is -2.25. The van der Waals surface area contributed by atoms with Crippen molar-refractivity contribution in [2.24, 2.45) is 11.8 Å². The molecule has 1 fully saturated rings. The van der Waals surface area contributed by atoms with Crippen molar-refractivity contribution in [1.82, 2.24) is 0 Å². The fourth-order valence-corrected chi connectivity index (χ4v) is 2.54. The Labute approximate surface area is 99.8 Å². The van der Waals surface area contributed by atoms with Gasteiger partial charge < -0.3 is 0 Å². The Morgan fingerprint density at radius 2 is 1.88 bits per heavy atom. The molecule has 0 bridgehead atoms. The second-order valence-corrected chi connectivity index (χ2v) is 5.02. The summed E-state index contributed by atoms with van der Waals surface area (Å²) in [5.74, 6) is -0.462. The number of benzene rings is 1. The van der Waals surface area contributed by atoms with Crippen LogP contribution in [0.1, 0.15) is 31.7 Å². The van der Waals surface area contributed by atoms with E-state index in [4.69, 9.17) is 0 Å². The van der Waals surface area contributed by atoms with E-state index in [2.05, 4.69) is 6.92 Å². The van der Waals surface area contributed by atoms with Gasteiger partial charge in [-0.05, 0) is 42.9 Å². The van der Waals surface area contributed by atoms with Gasteiger partial charge in [0, 0.05) is 18.4 Å². The summed E-state index contributed by atoms with van der Waals surface area (Å²) in [4.78, 5) is 11.7. The van der Waals surface area contributed by atoms with Gasteiger partial charge in [-0.2, -0.15) is 0 Å². The molecule has 2 unspecified atom stereocenters. The van der Waals surface area contributed by atoms with Crippen molar-refractivity contribution in [2.45, 2.75) is 32.6 Å². The topological polar surface area (TPSA) is 17.1 Å². The monoisotopic (exact) mass is 238 g/mol. The van der Waals surface area contributed by atoms with Gasteiger partial charge in [-0.15, -0.1) is 0 Å². The molecule has 1 saturated carbocycles. The number of hydrogen-bond acceptors (Lipinski definition) is 1. The maximum Gasteiger partial charge on any atom is 0.136 e. The maximum absolute atomic E-state index is 13.0. The number of halogens is 2. The van der Waals surface area contributed by atoms with E-state index in [0.29, 0.717) is 24.3 Å². The molecular formula is C14H16F2O. The summed E-state index contributed by atoms with van der Waals surface area (Å²) >= 11 is 0. The predicted molar refractivity (Wildman–Crippen MR) is 61.6 cm³/mol. The normalized spacial score (nSPS) is 25.0. The van der Waals surface area contributed by atoms with Crippen molar-refractivity contribution in [3.8, 4) is 0 Å². The Morgan fingerprint density at radius 1 is 1.24 bits per heavy atom. The molecule has 3 heteroatoms. The lowest BCUT2D eigenvalue weighted by Crippen LogP contribution is -2.25. The van der Waals surface area contributed by atoms with E-state index < -0.39 is 11.6 Å². The van der Waals surface area contributed by atoms with Crippen LogP contribution in [0.5, 0.6) is 0 Å². The van der Waals surface area contributed by atoms with Crippen molar-refractivity contribution < 1.29 is 13.6 Å². The van der Waals surface area contributed by atoms with Gasteiger partial charge >= 0.3 is 0 Å². The lowest BCUT2D eigenvalue weighted by atomic mass is 9.78. The molecule has 0 spiro atoms. The van der Waals surface area contributed by atoms with Crippen LogP contribution >= 0.6 is 0 Å². The molecule has 2 rings (SSSR count). The molecule has 1 aromatic rings. The number of Topliss-reactive ketones (excluding diaryl/α,β-unsaturated/α-hetero) is 1. The summed E-state index contributed by atoms with van der Waals surface area (Å²) in [5, 5.41) is 0. The molecule has 0 aliphatic heterocycles. The Hall–Kier alpha value is -1.25. The minimum Gasteiger partial charge on any atom is -0.299 e. The van der Waals surface area contributed by atoms with Crippen molar-refractivity contribution >= 4 is 5.78 Å². The smallest absolute Gasteiger partial charge is 0.136 e. The molecule has 1 aliphatic carbocycles. The molecule has 0 N–H and O–H groups in total. The summed E-state index contributed by atoms with van der Waals surface area (Å²) in [6.45, 7) is 2.12. The third-order valence-electron chi connectivity index (χ3n) is 3.43. The van der Waals surface area contributed by atoms with Gasteiger partial charge in [0.1, 0.15) is 17.4 Å². The van der Waals surface area contributed by atoms with E-state index >= 15 is 0 Å². The first-order valence-electron chi connectivity index (χ1n) is 6.02. The van der Waals surface area contributed by atoms with Crippen molar-refractivity contribution in [3.63, 3.8) is 0 Å². The third kappa shape index (κ3) is 3.11. The molecule has 0 aromatic heterocycles. The molecule has 92 valence electrons. The number of carbonyl (C=O) groups excluding carboxylic acids is 1. The molecule has 1 nitrogen and oxygen atoms in total. The molecule has 1 aromatic carbocycles. The Bertz CT molecular complexity index is 408. The minimum absolute atomic E-state index is 0.0695. The first kappa shape index (κ1) is 12.2. The van der Waals surface area contributed by atoms with Crippen molar-refractivity contribution in [3.05, 3.63) is 35.4 Å². The fourth-order valence-electron chi connectivity index (χ4n) is 2.54. The fraction of sp³-hybridized carbons (Fsp3) is 0.500. The average molecular weight is 238 g/mol. The van der Waals surface area contributed by atoms with Crippen LogP contribution in [0.25, 0.3) is 0 Å². The van der Waals surface area contributed by atoms with Crippen LogP contribution < -0.4 is 0 Å². The van der Waals surface area contributed by atoms with Gasteiger partial charge in [0.05, 0.1) is 0 Å². The number of hydrogen-bond donors (Lipinski definition) is 0. The largest absolute Gasteiger partial charge is 0.299 e. The molecule has 0 amide bonds. The van der Waals surface area contributed by atoms with E-state index in [1.807, 2.05) is 0 Å². The van der Waals surface area contributed by atoms with E-state index in [-0.39, 0.29) is 11.7 Å². The molecular weight excluding hydrogens is 222 g/mol. The molecule has 1 aliphatic rings. The lowest BCUT2D eigenvalue weighted by molar-refractivity contribution is -0.125. The zero-order valence-electron chi connectivity index (χ0n) is 9.88. The third-order valence-corrected chi connectivity index (χ3v) is 3.43. The second-order valence-electron chi connectivity index (χ2n) is 5.02. The van der Waals surface area contributed by atoms with Crippen LogP contribution in [-0.2, 0) is 11.2 Å². The average Bonchev–Trinajstić information content (AvgIpc) is 2.22. The van der Waals surface area contributed by atoms with Gasteiger partial charge in [-0.1, -0.05) is 6.92 Å². The van der Waals surface area contributed by atoms with E-state index in [1.54, 1.807) is 0 Å². The predicted octanol–water partition coefficient (Wildman–Crippen LogP) is 3.51. The van der Waals surface area contributed by atoms with E-state index in [0.717, 1.165) is 18.9 Å². The SMILES string of the molecule is CC1CCC(=O)C(Cc2cc(F)cc(F)c2)C1. The first-order valence-corrected chi connectivity index (χ1v) is 6.02. The number of rotatable bonds is 2. The first-order chi connectivity index (χ1) is 8.04. The molecule has 0 heterocycles. The summed E-state index contributed by atoms with van der Waals surface area (Å²) < 4.78 is 26.1. The zero-order valence-corrected chi connectivity index (χ0v) is 9.88. The van der Waals surface area contributed by atoms with E-state index in [9.17, 15) is 13.6 Å². The number of ketones is 1. The number of carbonyl (C=O) groups is 1. The van der Waals surface area contributed by atoms with Crippen LogP contribution in [0.2, 0.25) is 0 Å². The zero-order chi connectivity index (χ0) is 12.4. The Kier molecular flexibility index (Phi) is 3.55. The van der Waals surface area contributed by atoms with Crippen LogP contribution in [0, 0.1) is 23.5 Å². The van der Waals surface area contributed by atoms with Crippen LogP contribution in [0.3, 0.4) is 0 Å². The summed E-state index contributed by atoms with van der Waals surface area (Å²) in [6, 6.07) is 3.49. The minimum atomic E-state index is -0.573. The Balaban J connectivity index is 2.11. The van der Waals surface area contributed by atoms with Crippen LogP contribution in [0.15, 0.2) is 18.2 Å². The van der Waals surface area contributed by atoms with E-state index in [1.165, 1.54) is 12.1 Å². The highest BCUT2D eigenvalue weighted by Crippen LogP contribution is 2.28. The van der Waals surface area contributed by atoms with Gasteiger partial charge in [0.2, 0.25) is 0 Å². The summed E-state index contributed by atoms with van der Waals surface area (Å²) in [6.07, 6.45) is 2.82. The van der Waals surface area contributed by atoms with Crippen molar-refractivity contribution in [1.29, 1.82) is 0 Å². The van der Waals surface area contributed by atoms with Gasteiger partial charge in [0.25, 0.3) is 0 Å². The molecule has 17 heavy (non-hydrogen) atoms. The van der Waals surface area contributed by atoms with Crippen LogP contribution in [0.4, 0.5) is 8.78 Å².